The highest BCUT2D eigenvalue weighted by Crippen LogP contribution is 2.67. The van der Waals surface area contributed by atoms with Crippen LogP contribution in [0.2, 0.25) is 0 Å². The van der Waals surface area contributed by atoms with Crippen molar-refractivity contribution in [1.29, 1.82) is 5.26 Å². The molecule has 5 atom stereocenters. The number of carbonyl (C=O) groups excluding carboxylic acids is 2. The zero-order valence-corrected chi connectivity index (χ0v) is 13.1. The molecule has 2 fully saturated rings. The molecule has 0 aromatic heterocycles. The lowest BCUT2D eigenvalue weighted by Gasteiger charge is -2.59. The third kappa shape index (κ3) is 1.59. The number of hydrogen-bond acceptors (Lipinski definition) is 3. The van der Waals surface area contributed by atoms with Crippen molar-refractivity contribution in [2.75, 3.05) is 0 Å². The zero-order chi connectivity index (χ0) is 15.5. The van der Waals surface area contributed by atoms with Crippen molar-refractivity contribution in [1.82, 2.24) is 0 Å². The molecule has 112 valence electrons. The normalized spacial score (nSPS) is 47.3. The second-order valence-corrected chi connectivity index (χ2v) is 7.96. The Kier molecular flexibility index (Phi) is 2.96. The quantitative estimate of drug-likeness (QED) is 0.548. The van der Waals surface area contributed by atoms with E-state index in [1.807, 2.05) is 13.8 Å². The second kappa shape index (κ2) is 4.29. The van der Waals surface area contributed by atoms with Crippen LogP contribution in [0.3, 0.4) is 0 Å². The molecular weight excluding hydrogens is 262 g/mol. The van der Waals surface area contributed by atoms with Crippen LogP contribution in [-0.4, -0.2) is 12.1 Å². The smallest absolute Gasteiger partial charge is 0.139 e. The monoisotopic (exact) mass is 285 g/mol. The Morgan fingerprint density at radius 1 is 1.33 bits per heavy atom. The summed E-state index contributed by atoms with van der Waals surface area (Å²) in [6.07, 6.45) is 8.16. The van der Waals surface area contributed by atoms with Gasteiger partial charge in [0.05, 0.1) is 6.07 Å². The summed E-state index contributed by atoms with van der Waals surface area (Å²) in [5, 5.41) is 9.30. The van der Waals surface area contributed by atoms with Gasteiger partial charge in [0.25, 0.3) is 0 Å². The number of aldehydes is 1. The van der Waals surface area contributed by atoms with Crippen molar-refractivity contribution in [2.45, 2.75) is 46.5 Å². The molecule has 21 heavy (non-hydrogen) atoms. The fourth-order valence-corrected chi connectivity index (χ4v) is 5.48. The summed E-state index contributed by atoms with van der Waals surface area (Å²) in [5.74, 6) is 0.500. The van der Waals surface area contributed by atoms with E-state index < -0.39 is 10.8 Å². The van der Waals surface area contributed by atoms with Gasteiger partial charge in [0.15, 0.2) is 0 Å². The van der Waals surface area contributed by atoms with Gasteiger partial charge in [-0.15, -0.1) is 0 Å². The average Bonchev–Trinajstić information content (AvgIpc) is 2.84. The summed E-state index contributed by atoms with van der Waals surface area (Å²) >= 11 is 0. The first kappa shape index (κ1) is 14.5. The highest BCUT2D eigenvalue weighted by atomic mass is 16.1. The van der Waals surface area contributed by atoms with Crippen LogP contribution in [0.1, 0.15) is 46.5 Å². The third-order valence-electron chi connectivity index (χ3n) is 6.83. The summed E-state index contributed by atoms with van der Waals surface area (Å²) in [6, 6.07) is 2.36. The Morgan fingerprint density at radius 2 is 2.05 bits per heavy atom. The molecular formula is C18H23NO2. The van der Waals surface area contributed by atoms with Crippen molar-refractivity contribution in [2.24, 2.45) is 34.0 Å². The van der Waals surface area contributed by atoms with E-state index in [0.717, 1.165) is 19.1 Å². The molecule has 0 amide bonds. The minimum Gasteiger partial charge on any atom is -0.303 e. The minimum atomic E-state index is -0.467. The molecule has 0 spiro atoms. The molecule has 3 heteroatoms. The lowest BCUT2D eigenvalue weighted by Crippen LogP contribution is -2.58. The fraction of sp³-hybridized carbons (Fsp3) is 0.722. The van der Waals surface area contributed by atoms with Gasteiger partial charge in [-0.3, -0.25) is 4.79 Å². The van der Waals surface area contributed by atoms with E-state index in [1.165, 1.54) is 0 Å². The van der Waals surface area contributed by atoms with E-state index in [2.05, 4.69) is 25.1 Å². The van der Waals surface area contributed by atoms with Gasteiger partial charge in [0.2, 0.25) is 0 Å². The summed E-state index contributed by atoms with van der Waals surface area (Å²) in [7, 11) is 0. The number of ketones is 1. The van der Waals surface area contributed by atoms with E-state index in [4.69, 9.17) is 0 Å². The first-order valence-corrected chi connectivity index (χ1v) is 7.89. The van der Waals surface area contributed by atoms with Crippen LogP contribution in [0, 0.1) is 45.3 Å². The fourth-order valence-electron chi connectivity index (χ4n) is 5.48. The highest BCUT2D eigenvalue weighted by molar-refractivity contribution is 5.86. The molecule has 3 rings (SSSR count). The average molecular weight is 285 g/mol. The van der Waals surface area contributed by atoms with E-state index in [1.54, 1.807) is 0 Å². The van der Waals surface area contributed by atoms with Crippen LogP contribution < -0.4 is 0 Å². The molecule has 3 aliphatic carbocycles. The molecule has 2 saturated carbocycles. The lowest BCUT2D eigenvalue weighted by molar-refractivity contribution is -0.154. The number of rotatable bonds is 1. The lowest BCUT2D eigenvalue weighted by atomic mass is 9.43. The molecule has 1 unspecified atom stereocenters. The first-order chi connectivity index (χ1) is 9.81. The van der Waals surface area contributed by atoms with Gasteiger partial charge >= 0.3 is 0 Å². The Balaban J connectivity index is 2.14. The summed E-state index contributed by atoms with van der Waals surface area (Å²) in [6.45, 7) is 6.20. The minimum absolute atomic E-state index is 0.0406. The molecule has 0 radical (unpaired) electrons. The molecule has 0 saturated heterocycles. The van der Waals surface area contributed by atoms with Crippen LogP contribution in [0.25, 0.3) is 0 Å². The Hall–Kier alpha value is -1.43. The van der Waals surface area contributed by atoms with Gasteiger partial charge in [-0.05, 0) is 36.5 Å². The largest absolute Gasteiger partial charge is 0.303 e. The van der Waals surface area contributed by atoms with Crippen LogP contribution in [-0.2, 0) is 9.59 Å². The maximum atomic E-state index is 12.3. The maximum absolute atomic E-state index is 12.3. The topological polar surface area (TPSA) is 57.9 Å². The molecule has 3 aliphatic rings. The van der Waals surface area contributed by atoms with Crippen LogP contribution in [0.4, 0.5) is 0 Å². The Morgan fingerprint density at radius 3 is 2.67 bits per heavy atom. The van der Waals surface area contributed by atoms with Crippen LogP contribution >= 0.6 is 0 Å². The Bertz CT molecular complexity index is 570. The van der Waals surface area contributed by atoms with E-state index in [9.17, 15) is 14.9 Å². The van der Waals surface area contributed by atoms with Gasteiger partial charge in [0, 0.05) is 23.2 Å². The zero-order valence-electron chi connectivity index (χ0n) is 13.1. The summed E-state index contributed by atoms with van der Waals surface area (Å²) < 4.78 is 0. The number of hydrogen-bond donors (Lipinski definition) is 0. The van der Waals surface area contributed by atoms with Crippen molar-refractivity contribution in [3.05, 3.63) is 12.2 Å². The predicted octanol–water partition coefficient (Wildman–Crippen LogP) is 3.30. The molecule has 0 aliphatic heterocycles. The number of allylic oxidation sites excluding steroid dienone is 2. The maximum Gasteiger partial charge on any atom is 0.139 e. The molecule has 0 bridgehead atoms. The highest BCUT2D eigenvalue weighted by Gasteiger charge is 2.65. The van der Waals surface area contributed by atoms with Gasteiger partial charge < -0.3 is 4.79 Å². The SMILES string of the molecule is CC1(C)C(=O)CC[C@@]2(C)C1C=C[C@H]1C[C@@H](C#N)C[C@]12C=O. The second-order valence-electron chi connectivity index (χ2n) is 7.96. The number of fused-ring (bicyclic) bond motifs is 3. The summed E-state index contributed by atoms with van der Waals surface area (Å²) in [5.41, 5.74) is -1.10. The number of carbonyl (C=O) groups is 2. The molecule has 0 aromatic rings. The standard InChI is InChI=1S/C18H23NO2/c1-16(2)14-5-4-13-8-12(10-19)9-18(13,11-20)17(14,3)7-6-15(16)21/h4-5,11-14H,6-9H2,1-3H3/t12-,13+,14?,17+,18+/m1/s1. The Labute approximate surface area is 126 Å². The van der Waals surface area contributed by atoms with E-state index >= 15 is 0 Å². The van der Waals surface area contributed by atoms with Gasteiger partial charge in [0.1, 0.15) is 12.1 Å². The predicted molar refractivity (Wildman–Crippen MR) is 79.1 cm³/mol. The molecule has 0 N–H and O–H groups in total. The van der Waals surface area contributed by atoms with Crippen LogP contribution in [0.5, 0.6) is 0 Å². The van der Waals surface area contributed by atoms with Crippen molar-refractivity contribution in [3.8, 4) is 6.07 Å². The molecule has 0 heterocycles. The van der Waals surface area contributed by atoms with Crippen LogP contribution in [0.15, 0.2) is 12.2 Å². The number of nitrogens with zero attached hydrogens (tertiary/aromatic N) is 1. The third-order valence-corrected chi connectivity index (χ3v) is 6.83. The van der Waals surface area contributed by atoms with Gasteiger partial charge in [-0.25, -0.2) is 0 Å². The first-order valence-electron chi connectivity index (χ1n) is 7.89. The van der Waals surface area contributed by atoms with E-state index in [-0.39, 0.29) is 23.2 Å². The van der Waals surface area contributed by atoms with Crippen molar-refractivity contribution >= 4 is 12.1 Å². The summed E-state index contributed by atoms with van der Waals surface area (Å²) in [4.78, 5) is 24.5. The number of Topliss-reactive ketones (excluding diaryl/α,β-unsaturated/α-hetero) is 1. The number of nitriles is 1. The van der Waals surface area contributed by atoms with Crippen molar-refractivity contribution < 1.29 is 9.59 Å². The molecule has 0 aromatic carbocycles. The van der Waals surface area contributed by atoms with Gasteiger partial charge in [-0.1, -0.05) is 32.9 Å². The van der Waals surface area contributed by atoms with Crippen molar-refractivity contribution in [3.63, 3.8) is 0 Å². The van der Waals surface area contributed by atoms with Gasteiger partial charge in [-0.2, -0.15) is 5.26 Å². The molecule has 3 nitrogen and oxygen atoms in total. The van der Waals surface area contributed by atoms with E-state index in [0.29, 0.717) is 18.6 Å².